The normalized spacial score (nSPS) is 10.9. The van der Waals surface area contributed by atoms with Crippen LogP contribution in [0.25, 0.3) is 11.3 Å². The van der Waals surface area contributed by atoms with Gasteiger partial charge in [-0.25, -0.2) is 4.79 Å². The van der Waals surface area contributed by atoms with Crippen LogP contribution in [0.5, 0.6) is 0 Å². The van der Waals surface area contributed by atoms with Crippen molar-refractivity contribution in [1.82, 2.24) is 15.4 Å². The zero-order chi connectivity index (χ0) is 24.7. The SMILES string of the molecule is CN(Cc1cccc(NC(=O)CNC(=O)c2cc(-c3ccccc3)on2)c1)C(=O)OC(C)(C)C. The quantitative estimate of drug-likeness (QED) is 0.545. The molecule has 2 aromatic carbocycles. The Bertz CT molecular complexity index is 1150. The van der Waals surface area contributed by atoms with Crippen molar-refractivity contribution in [3.63, 3.8) is 0 Å². The third-order valence-corrected chi connectivity index (χ3v) is 4.55. The number of rotatable bonds is 7. The van der Waals surface area contributed by atoms with Crippen molar-refractivity contribution in [2.45, 2.75) is 32.9 Å². The van der Waals surface area contributed by atoms with Crippen molar-refractivity contribution in [2.75, 3.05) is 18.9 Å². The molecule has 0 bridgehead atoms. The predicted octanol–water partition coefficient (Wildman–Crippen LogP) is 4.08. The number of hydrogen-bond acceptors (Lipinski definition) is 6. The third-order valence-electron chi connectivity index (χ3n) is 4.55. The first kappa shape index (κ1) is 24.5. The maximum atomic E-state index is 12.3. The number of carbonyl (C=O) groups is 3. The molecule has 0 radical (unpaired) electrons. The Morgan fingerprint density at radius 3 is 2.47 bits per heavy atom. The van der Waals surface area contributed by atoms with Gasteiger partial charge in [0.2, 0.25) is 5.91 Å². The van der Waals surface area contributed by atoms with Crippen molar-refractivity contribution >= 4 is 23.6 Å². The van der Waals surface area contributed by atoms with E-state index in [2.05, 4.69) is 15.8 Å². The van der Waals surface area contributed by atoms with Gasteiger partial charge < -0.3 is 24.8 Å². The van der Waals surface area contributed by atoms with Gasteiger partial charge in [0.15, 0.2) is 11.5 Å². The molecule has 1 aromatic heterocycles. The number of anilines is 1. The summed E-state index contributed by atoms with van der Waals surface area (Å²) >= 11 is 0. The minimum atomic E-state index is -0.583. The molecule has 0 aliphatic heterocycles. The van der Waals surface area contributed by atoms with Gasteiger partial charge >= 0.3 is 6.09 Å². The first-order valence-corrected chi connectivity index (χ1v) is 10.7. The van der Waals surface area contributed by atoms with E-state index >= 15 is 0 Å². The average Bonchev–Trinajstić information content (AvgIpc) is 3.28. The number of benzene rings is 2. The zero-order valence-corrected chi connectivity index (χ0v) is 19.6. The molecule has 0 saturated carbocycles. The topological polar surface area (TPSA) is 114 Å². The lowest BCUT2D eigenvalue weighted by Gasteiger charge is -2.24. The minimum Gasteiger partial charge on any atom is -0.444 e. The van der Waals surface area contributed by atoms with Crippen LogP contribution in [0.2, 0.25) is 0 Å². The van der Waals surface area contributed by atoms with Crippen molar-refractivity contribution in [3.05, 3.63) is 71.9 Å². The standard InChI is InChI=1S/C25H28N4O5/c1-25(2,3)33-24(32)29(4)16-17-9-8-12-19(13-17)27-22(30)15-26-23(31)20-14-21(34-28-20)18-10-6-5-7-11-18/h5-14H,15-16H2,1-4H3,(H,26,31)(H,27,30). The second-order valence-electron chi connectivity index (χ2n) is 8.71. The van der Waals surface area contributed by atoms with Crippen LogP contribution in [0.15, 0.2) is 65.2 Å². The van der Waals surface area contributed by atoms with Gasteiger partial charge in [-0.15, -0.1) is 0 Å². The van der Waals surface area contributed by atoms with Crippen molar-refractivity contribution in [1.29, 1.82) is 0 Å². The van der Waals surface area contributed by atoms with E-state index in [9.17, 15) is 14.4 Å². The first-order valence-electron chi connectivity index (χ1n) is 10.7. The summed E-state index contributed by atoms with van der Waals surface area (Å²) in [6, 6.07) is 17.9. The van der Waals surface area contributed by atoms with Gasteiger partial charge in [-0.05, 0) is 38.5 Å². The van der Waals surface area contributed by atoms with Crippen LogP contribution in [-0.2, 0) is 16.1 Å². The number of ether oxygens (including phenoxy) is 1. The number of nitrogens with one attached hydrogen (secondary N) is 2. The lowest BCUT2D eigenvalue weighted by Crippen LogP contribution is -2.34. The molecule has 178 valence electrons. The highest BCUT2D eigenvalue weighted by atomic mass is 16.6. The molecule has 0 aliphatic rings. The van der Waals surface area contributed by atoms with Crippen LogP contribution in [0.1, 0.15) is 36.8 Å². The van der Waals surface area contributed by atoms with Crippen molar-refractivity contribution < 1.29 is 23.6 Å². The fraction of sp³-hybridized carbons (Fsp3) is 0.280. The Labute approximate surface area is 198 Å². The highest BCUT2D eigenvalue weighted by Crippen LogP contribution is 2.19. The first-order chi connectivity index (χ1) is 16.1. The third kappa shape index (κ3) is 7.19. The molecule has 0 fully saturated rings. The minimum absolute atomic E-state index is 0.0823. The number of carbonyl (C=O) groups excluding carboxylic acids is 3. The summed E-state index contributed by atoms with van der Waals surface area (Å²) in [6.07, 6.45) is -0.437. The number of amides is 3. The fourth-order valence-corrected chi connectivity index (χ4v) is 3.00. The molecule has 3 aromatic rings. The molecule has 2 N–H and O–H groups in total. The van der Waals surface area contributed by atoms with Crippen LogP contribution in [0.4, 0.5) is 10.5 Å². The average molecular weight is 465 g/mol. The van der Waals surface area contributed by atoms with E-state index in [4.69, 9.17) is 9.26 Å². The molecule has 3 rings (SSSR count). The Morgan fingerprint density at radius 1 is 1.03 bits per heavy atom. The maximum Gasteiger partial charge on any atom is 0.410 e. The van der Waals surface area contributed by atoms with E-state index in [0.29, 0.717) is 18.0 Å². The Morgan fingerprint density at radius 2 is 1.76 bits per heavy atom. The van der Waals surface area contributed by atoms with Gasteiger partial charge in [0.1, 0.15) is 5.60 Å². The summed E-state index contributed by atoms with van der Waals surface area (Å²) in [5, 5.41) is 9.02. The van der Waals surface area contributed by atoms with Gasteiger partial charge in [0.05, 0.1) is 6.54 Å². The van der Waals surface area contributed by atoms with Gasteiger partial charge in [0, 0.05) is 30.9 Å². The van der Waals surface area contributed by atoms with Crippen molar-refractivity contribution in [3.8, 4) is 11.3 Å². The van der Waals surface area contributed by atoms with E-state index < -0.39 is 23.5 Å². The molecule has 9 nitrogen and oxygen atoms in total. The second kappa shape index (κ2) is 10.7. The monoisotopic (exact) mass is 464 g/mol. The molecule has 0 aliphatic carbocycles. The largest absolute Gasteiger partial charge is 0.444 e. The summed E-state index contributed by atoms with van der Waals surface area (Å²) in [5.74, 6) is -0.463. The molecular formula is C25H28N4O5. The molecule has 0 saturated heterocycles. The summed E-state index contributed by atoms with van der Waals surface area (Å²) in [7, 11) is 1.64. The second-order valence-corrected chi connectivity index (χ2v) is 8.71. The number of nitrogens with zero attached hydrogens (tertiary/aromatic N) is 2. The van der Waals surface area contributed by atoms with E-state index in [1.54, 1.807) is 46.0 Å². The molecular weight excluding hydrogens is 436 g/mol. The molecule has 9 heteroatoms. The van der Waals surface area contributed by atoms with Gasteiger partial charge in [-0.2, -0.15) is 0 Å². The van der Waals surface area contributed by atoms with Crippen LogP contribution in [0.3, 0.4) is 0 Å². The summed E-state index contributed by atoms with van der Waals surface area (Å²) in [4.78, 5) is 38.2. The lowest BCUT2D eigenvalue weighted by molar-refractivity contribution is -0.115. The molecule has 34 heavy (non-hydrogen) atoms. The van der Waals surface area contributed by atoms with Gasteiger partial charge in [0.25, 0.3) is 5.91 Å². The smallest absolute Gasteiger partial charge is 0.410 e. The van der Waals surface area contributed by atoms with Gasteiger partial charge in [-0.1, -0.05) is 47.6 Å². The fourth-order valence-electron chi connectivity index (χ4n) is 3.00. The Kier molecular flexibility index (Phi) is 7.68. The van der Waals surface area contributed by atoms with E-state index in [1.165, 1.54) is 11.0 Å². The number of hydrogen-bond donors (Lipinski definition) is 2. The van der Waals surface area contributed by atoms with E-state index in [1.807, 2.05) is 36.4 Å². The zero-order valence-electron chi connectivity index (χ0n) is 19.6. The lowest BCUT2D eigenvalue weighted by atomic mass is 10.1. The molecule has 1 heterocycles. The predicted molar refractivity (Wildman–Crippen MR) is 127 cm³/mol. The summed E-state index contributed by atoms with van der Waals surface area (Å²) in [5.41, 5.74) is 1.65. The van der Waals surface area contributed by atoms with Crippen LogP contribution >= 0.6 is 0 Å². The maximum absolute atomic E-state index is 12.3. The van der Waals surface area contributed by atoms with Gasteiger partial charge in [-0.3, -0.25) is 9.59 Å². The molecule has 3 amide bonds. The highest BCUT2D eigenvalue weighted by molar-refractivity contribution is 5.98. The Balaban J connectivity index is 1.51. The summed E-state index contributed by atoms with van der Waals surface area (Å²) < 4.78 is 10.6. The van der Waals surface area contributed by atoms with Crippen LogP contribution in [-0.4, -0.2) is 47.2 Å². The number of aromatic nitrogens is 1. The van der Waals surface area contributed by atoms with Crippen LogP contribution < -0.4 is 10.6 Å². The molecule has 0 unspecified atom stereocenters. The van der Waals surface area contributed by atoms with Crippen LogP contribution in [0, 0.1) is 0 Å². The van der Waals surface area contributed by atoms with E-state index in [0.717, 1.165) is 11.1 Å². The van der Waals surface area contributed by atoms with E-state index in [-0.39, 0.29) is 12.2 Å². The highest BCUT2D eigenvalue weighted by Gasteiger charge is 2.20. The summed E-state index contributed by atoms with van der Waals surface area (Å²) in [6.45, 7) is 5.48. The molecule has 0 atom stereocenters. The molecule has 0 spiro atoms. The van der Waals surface area contributed by atoms with Crippen molar-refractivity contribution in [2.24, 2.45) is 0 Å². The Hall–Kier alpha value is -4.14.